The first-order valence-electron chi connectivity index (χ1n) is 11.0. The number of ether oxygens (including phenoxy) is 1. The summed E-state index contributed by atoms with van der Waals surface area (Å²) in [5, 5.41) is 8.08. The molecule has 0 radical (unpaired) electrons. The first kappa shape index (κ1) is 21.8. The number of fused-ring (bicyclic) bond motifs is 2. The van der Waals surface area contributed by atoms with Crippen molar-refractivity contribution in [3.8, 4) is 0 Å². The second-order valence-electron chi connectivity index (χ2n) is 8.74. The van der Waals surface area contributed by atoms with Crippen LogP contribution in [0.15, 0.2) is 12.2 Å². The predicted octanol–water partition coefficient (Wildman–Crippen LogP) is 2.25. The number of amides is 2. The summed E-state index contributed by atoms with van der Waals surface area (Å²) in [6, 6.07) is -0.653. The van der Waals surface area contributed by atoms with E-state index < -0.39 is 17.6 Å². The number of Topliss-reactive ketones (excluding diaryl/α,β-unsaturated/α-hetero) is 1. The minimum Gasteiger partial charge on any atom is -0.466 e. The van der Waals surface area contributed by atoms with Gasteiger partial charge >= 0.3 is 12.0 Å². The van der Waals surface area contributed by atoms with E-state index in [0.717, 1.165) is 25.7 Å². The summed E-state index contributed by atoms with van der Waals surface area (Å²) in [4.78, 5) is 41.5. The molecule has 0 bridgehead atoms. The third-order valence-electron chi connectivity index (χ3n) is 6.59. The number of allylic oxidation sites excluding steroid dienone is 2. The van der Waals surface area contributed by atoms with Gasteiger partial charge in [-0.05, 0) is 51.4 Å². The molecule has 0 aromatic rings. The maximum atomic E-state index is 12.9. The van der Waals surface area contributed by atoms with E-state index in [0.29, 0.717) is 45.4 Å². The quantitative estimate of drug-likeness (QED) is 0.399. The summed E-state index contributed by atoms with van der Waals surface area (Å²) in [6.45, 7) is 3.15. The monoisotopic (exact) mass is 407 g/mol. The second kappa shape index (κ2) is 9.28. The Bertz CT molecular complexity index is 664. The molecular weight excluding hydrogens is 372 g/mol. The zero-order valence-electron chi connectivity index (χ0n) is 17.7. The van der Waals surface area contributed by atoms with E-state index in [-0.39, 0.29) is 23.7 Å². The zero-order chi connectivity index (χ0) is 21.0. The van der Waals surface area contributed by atoms with Gasteiger partial charge in [-0.15, -0.1) is 0 Å². The Morgan fingerprint density at radius 3 is 2.86 bits per heavy atom. The van der Waals surface area contributed by atoms with Crippen molar-refractivity contribution in [3.05, 3.63) is 12.2 Å². The number of hydrogen-bond acceptors (Lipinski definition) is 4. The Morgan fingerprint density at radius 1 is 1.31 bits per heavy atom. The molecule has 0 unspecified atom stereocenters. The lowest BCUT2D eigenvalue weighted by Crippen LogP contribution is -2.47. The molecule has 7 heteroatoms. The van der Waals surface area contributed by atoms with Gasteiger partial charge in [-0.2, -0.15) is 0 Å². The van der Waals surface area contributed by atoms with Crippen LogP contribution in [0.25, 0.3) is 0 Å². The summed E-state index contributed by atoms with van der Waals surface area (Å²) in [7, 11) is 1.78. The maximum Gasteiger partial charge on any atom is 0.320 e. The molecular formula is C22H35N2O5+. The van der Waals surface area contributed by atoms with E-state index in [9.17, 15) is 14.4 Å². The molecule has 1 saturated heterocycles. The number of hydrogen-bond donors (Lipinski definition) is 0. The molecule has 0 aromatic heterocycles. The van der Waals surface area contributed by atoms with Gasteiger partial charge in [0.25, 0.3) is 0 Å². The molecule has 7 nitrogen and oxygen atoms in total. The average Bonchev–Trinajstić information content (AvgIpc) is 3.25. The molecule has 1 saturated carbocycles. The molecule has 2 amide bonds. The summed E-state index contributed by atoms with van der Waals surface area (Å²) < 4.78 is 5.33. The van der Waals surface area contributed by atoms with E-state index in [1.54, 1.807) is 16.8 Å². The highest BCUT2D eigenvalue weighted by molar-refractivity contribution is 5.89. The standard InChI is InChI=1S/C22H34N2O5/c1-3-29-20(27)22-11-8-10-19(26)18-13-17(25)15-24(18)21(28)23(2)12-7-5-4-6-9-16(22)14-22/h6,9,16-18,25H,3-5,7-8,10-15H2,1-2H3/p+1/b9-6-/t16-,17+,18+,22+/m1/s1. The second-order valence-corrected chi connectivity index (χ2v) is 8.74. The number of carbonyl (C=O) groups is 3. The topological polar surface area (TPSA) is 89.8 Å². The van der Waals surface area contributed by atoms with Crippen LogP contribution in [0.4, 0.5) is 4.79 Å². The lowest BCUT2D eigenvalue weighted by molar-refractivity contribution is -0.150. The van der Waals surface area contributed by atoms with Crippen molar-refractivity contribution in [2.75, 3.05) is 26.7 Å². The lowest BCUT2D eigenvalue weighted by atomic mass is 9.93. The van der Waals surface area contributed by atoms with Crippen LogP contribution in [-0.4, -0.2) is 71.6 Å². The Kier molecular flexibility index (Phi) is 6.98. The number of urea groups is 1. The normalized spacial score (nSPS) is 35.1. The minimum atomic E-state index is -0.506. The first-order chi connectivity index (χ1) is 13.9. The van der Waals surface area contributed by atoms with Crippen molar-refractivity contribution in [1.29, 1.82) is 0 Å². The van der Waals surface area contributed by atoms with Crippen molar-refractivity contribution < 1.29 is 24.2 Å². The Morgan fingerprint density at radius 2 is 2.10 bits per heavy atom. The van der Waals surface area contributed by atoms with Crippen LogP contribution in [0, 0.1) is 11.3 Å². The molecule has 2 fully saturated rings. The van der Waals surface area contributed by atoms with Gasteiger partial charge in [-0.1, -0.05) is 12.2 Å². The van der Waals surface area contributed by atoms with E-state index in [1.807, 2.05) is 6.92 Å². The molecule has 29 heavy (non-hydrogen) atoms. The fourth-order valence-electron chi connectivity index (χ4n) is 4.77. The zero-order valence-corrected chi connectivity index (χ0v) is 17.7. The Labute approximate surface area is 173 Å². The van der Waals surface area contributed by atoms with Crippen LogP contribution in [0.1, 0.15) is 58.3 Å². The molecule has 3 aliphatic rings. The fourth-order valence-corrected chi connectivity index (χ4v) is 4.77. The molecule has 162 valence electrons. The molecule has 2 N–H and O–H groups in total. The number of nitrogens with zero attached hydrogens (tertiary/aromatic N) is 2. The van der Waals surface area contributed by atoms with Gasteiger partial charge in [0.15, 0.2) is 11.9 Å². The number of carbonyl (C=O) groups excluding carboxylic acids is 3. The Hall–Kier alpha value is -1.89. The van der Waals surface area contributed by atoms with E-state index in [4.69, 9.17) is 9.84 Å². The van der Waals surface area contributed by atoms with Crippen molar-refractivity contribution >= 4 is 17.8 Å². The van der Waals surface area contributed by atoms with Crippen molar-refractivity contribution in [3.63, 3.8) is 0 Å². The third-order valence-corrected chi connectivity index (χ3v) is 6.59. The van der Waals surface area contributed by atoms with Gasteiger partial charge < -0.3 is 19.6 Å². The predicted molar refractivity (Wildman–Crippen MR) is 110 cm³/mol. The van der Waals surface area contributed by atoms with E-state index >= 15 is 0 Å². The molecule has 3 rings (SSSR count). The lowest BCUT2D eigenvalue weighted by Gasteiger charge is -2.28. The average molecular weight is 408 g/mol. The highest BCUT2D eigenvalue weighted by Gasteiger charge is 2.59. The summed E-state index contributed by atoms with van der Waals surface area (Å²) >= 11 is 0. The SMILES string of the molecule is CCOC(=O)[C@]12CCCC(=O)[C@@H]3C[C@H]([OH2+])CN3C(=O)N(C)CCCC/C=C\[C@@H]1C2. The molecule has 2 aliphatic heterocycles. The highest BCUT2D eigenvalue weighted by atomic mass is 16.5. The molecule has 1 aliphatic carbocycles. The number of rotatable bonds is 2. The third kappa shape index (κ3) is 4.82. The van der Waals surface area contributed by atoms with Gasteiger partial charge in [0.05, 0.1) is 18.6 Å². The molecule has 0 spiro atoms. The highest BCUT2D eigenvalue weighted by Crippen LogP contribution is 2.58. The number of esters is 1. The van der Waals surface area contributed by atoms with E-state index in [2.05, 4.69) is 12.2 Å². The molecule has 0 aromatic carbocycles. The van der Waals surface area contributed by atoms with Crippen molar-refractivity contribution in [2.24, 2.45) is 11.3 Å². The van der Waals surface area contributed by atoms with E-state index in [1.165, 1.54) is 0 Å². The van der Waals surface area contributed by atoms with Crippen LogP contribution in [-0.2, 0) is 14.3 Å². The maximum absolute atomic E-state index is 12.9. The summed E-state index contributed by atoms with van der Waals surface area (Å²) in [5.41, 5.74) is -0.479. The smallest absolute Gasteiger partial charge is 0.320 e. The summed E-state index contributed by atoms with van der Waals surface area (Å²) in [6.07, 6.45) is 9.44. The fraction of sp³-hybridized carbons (Fsp3) is 0.773. The largest absolute Gasteiger partial charge is 0.466 e. The van der Waals surface area contributed by atoms with Crippen LogP contribution in [0.3, 0.4) is 0 Å². The summed E-state index contributed by atoms with van der Waals surface area (Å²) in [5.74, 6) is 0.0727. The van der Waals surface area contributed by atoms with Crippen LogP contribution in [0.5, 0.6) is 0 Å². The van der Waals surface area contributed by atoms with Gasteiger partial charge in [0.1, 0.15) is 6.04 Å². The van der Waals surface area contributed by atoms with Crippen LogP contribution in [0.2, 0.25) is 0 Å². The minimum absolute atomic E-state index is 0.0142. The van der Waals surface area contributed by atoms with Gasteiger partial charge in [-0.3, -0.25) is 9.59 Å². The van der Waals surface area contributed by atoms with Crippen LogP contribution >= 0.6 is 0 Å². The van der Waals surface area contributed by atoms with Crippen molar-refractivity contribution in [2.45, 2.75) is 70.4 Å². The van der Waals surface area contributed by atoms with Crippen LogP contribution < -0.4 is 0 Å². The Balaban J connectivity index is 1.73. The van der Waals surface area contributed by atoms with Gasteiger partial charge in [0.2, 0.25) is 0 Å². The van der Waals surface area contributed by atoms with Gasteiger partial charge in [0, 0.05) is 26.4 Å². The first-order valence-corrected chi connectivity index (χ1v) is 11.0. The molecule has 2 heterocycles. The van der Waals surface area contributed by atoms with Gasteiger partial charge in [-0.25, -0.2) is 4.79 Å². The van der Waals surface area contributed by atoms with Crippen molar-refractivity contribution in [1.82, 2.24) is 9.80 Å². The molecule has 4 atom stereocenters. The number of ketones is 1.